The Labute approximate surface area is 151 Å². The van der Waals surface area contributed by atoms with Gasteiger partial charge in [0.05, 0.1) is 10.5 Å². The molecule has 0 saturated heterocycles. The highest BCUT2D eigenvalue weighted by Crippen LogP contribution is 2.29. The highest BCUT2D eigenvalue weighted by Gasteiger charge is 2.21. The highest BCUT2D eigenvalue weighted by molar-refractivity contribution is 9.10. The van der Waals surface area contributed by atoms with Gasteiger partial charge in [0.2, 0.25) is 0 Å². The number of aryl methyl sites for hydroxylation is 2. The number of nitrogens with one attached hydrogen (secondary N) is 1. The maximum Gasteiger partial charge on any atom is 0.258 e. The molecule has 3 nitrogen and oxygen atoms in total. The van der Waals surface area contributed by atoms with Crippen molar-refractivity contribution in [3.8, 4) is 5.75 Å². The first-order valence-corrected chi connectivity index (χ1v) is 9.25. The Hall–Kier alpha value is -1.81. The van der Waals surface area contributed by atoms with Crippen LogP contribution in [-0.2, 0) is 17.6 Å². The van der Waals surface area contributed by atoms with E-state index >= 15 is 0 Å². The molecule has 4 heteroatoms. The lowest BCUT2D eigenvalue weighted by Gasteiger charge is -2.26. The number of amides is 1. The molecule has 0 saturated carbocycles. The van der Waals surface area contributed by atoms with Crippen LogP contribution in [0.5, 0.6) is 5.75 Å². The van der Waals surface area contributed by atoms with Crippen molar-refractivity contribution in [1.82, 2.24) is 5.32 Å². The third-order valence-electron chi connectivity index (χ3n) is 4.47. The van der Waals surface area contributed by atoms with Crippen LogP contribution in [0.2, 0.25) is 0 Å². The van der Waals surface area contributed by atoms with Gasteiger partial charge < -0.3 is 10.1 Å². The minimum Gasteiger partial charge on any atom is -0.483 e. The van der Waals surface area contributed by atoms with Gasteiger partial charge in [-0.15, -0.1) is 0 Å². The second-order valence-corrected chi connectivity index (χ2v) is 6.97. The molecule has 0 bridgehead atoms. The standard InChI is InChI=1S/C20H22BrNO2/c1-2-14-10-11-19(17(21)12-14)24-13-20(23)22-18-9-5-7-15-6-3-4-8-16(15)18/h3-4,6,8,10-12,18H,2,5,7,9,13H2,1H3,(H,22,23)/t18-/m1/s1. The number of hydrogen-bond donors (Lipinski definition) is 1. The molecule has 0 unspecified atom stereocenters. The molecule has 0 spiro atoms. The van der Waals surface area contributed by atoms with Gasteiger partial charge in [-0.2, -0.15) is 0 Å². The van der Waals surface area contributed by atoms with Crippen molar-refractivity contribution in [3.05, 3.63) is 63.6 Å². The molecular formula is C20H22BrNO2. The first-order chi connectivity index (χ1) is 11.7. The first kappa shape index (κ1) is 17.0. The summed E-state index contributed by atoms with van der Waals surface area (Å²) in [5, 5.41) is 3.11. The quantitative estimate of drug-likeness (QED) is 0.814. The van der Waals surface area contributed by atoms with E-state index < -0.39 is 0 Å². The van der Waals surface area contributed by atoms with Crippen molar-refractivity contribution >= 4 is 21.8 Å². The van der Waals surface area contributed by atoms with Crippen LogP contribution in [0.4, 0.5) is 0 Å². The van der Waals surface area contributed by atoms with E-state index in [2.05, 4.69) is 46.4 Å². The van der Waals surface area contributed by atoms with Gasteiger partial charge in [0.1, 0.15) is 5.75 Å². The zero-order chi connectivity index (χ0) is 16.9. The SMILES string of the molecule is CCc1ccc(OCC(=O)N[C@@H]2CCCc3ccccc32)c(Br)c1. The van der Waals surface area contributed by atoms with Crippen LogP contribution < -0.4 is 10.1 Å². The average molecular weight is 388 g/mol. The second kappa shape index (κ2) is 7.84. The van der Waals surface area contributed by atoms with E-state index in [-0.39, 0.29) is 18.6 Å². The predicted molar refractivity (Wildman–Crippen MR) is 99.3 cm³/mol. The molecule has 0 aliphatic heterocycles. The van der Waals surface area contributed by atoms with Crippen molar-refractivity contribution in [2.75, 3.05) is 6.61 Å². The van der Waals surface area contributed by atoms with Gasteiger partial charge in [0.25, 0.3) is 5.91 Å². The van der Waals surface area contributed by atoms with E-state index in [1.54, 1.807) is 0 Å². The van der Waals surface area contributed by atoms with Gasteiger partial charge in [0, 0.05) is 0 Å². The van der Waals surface area contributed by atoms with Gasteiger partial charge in [-0.05, 0) is 70.4 Å². The van der Waals surface area contributed by atoms with Gasteiger partial charge >= 0.3 is 0 Å². The maximum atomic E-state index is 12.3. The first-order valence-electron chi connectivity index (χ1n) is 8.45. The fourth-order valence-corrected chi connectivity index (χ4v) is 3.71. The van der Waals surface area contributed by atoms with Crippen molar-refractivity contribution in [2.24, 2.45) is 0 Å². The Balaban J connectivity index is 1.59. The average Bonchev–Trinajstić information content (AvgIpc) is 2.61. The monoisotopic (exact) mass is 387 g/mol. The summed E-state index contributed by atoms with van der Waals surface area (Å²) < 4.78 is 6.56. The van der Waals surface area contributed by atoms with Crippen molar-refractivity contribution in [1.29, 1.82) is 0 Å². The molecule has 0 aromatic heterocycles. The number of hydrogen-bond acceptors (Lipinski definition) is 2. The Morgan fingerprint density at radius 2 is 2.12 bits per heavy atom. The lowest BCUT2D eigenvalue weighted by atomic mass is 9.88. The van der Waals surface area contributed by atoms with Crippen LogP contribution in [0.15, 0.2) is 46.9 Å². The van der Waals surface area contributed by atoms with E-state index in [1.807, 2.05) is 24.3 Å². The van der Waals surface area contributed by atoms with Crippen LogP contribution in [-0.4, -0.2) is 12.5 Å². The van der Waals surface area contributed by atoms with E-state index in [4.69, 9.17) is 4.74 Å². The molecule has 126 valence electrons. The molecule has 0 heterocycles. The summed E-state index contributed by atoms with van der Waals surface area (Å²) in [5.41, 5.74) is 3.82. The smallest absolute Gasteiger partial charge is 0.258 e. The summed E-state index contributed by atoms with van der Waals surface area (Å²) >= 11 is 3.50. The molecule has 0 radical (unpaired) electrons. The van der Waals surface area contributed by atoms with Crippen molar-refractivity contribution < 1.29 is 9.53 Å². The number of fused-ring (bicyclic) bond motifs is 1. The minimum atomic E-state index is -0.0804. The number of halogens is 1. The summed E-state index contributed by atoms with van der Waals surface area (Å²) in [7, 11) is 0. The van der Waals surface area contributed by atoms with E-state index in [0.29, 0.717) is 5.75 Å². The molecule has 3 rings (SSSR count). The van der Waals surface area contributed by atoms with Gasteiger partial charge in [-0.1, -0.05) is 37.3 Å². The molecule has 0 fully saturated rings. The fourth-order valence-electron chi connectivity index (χ4n) is 3.16. The molecule has 2 aromatic carbocycles. The van der Waals surface area contributed by atoms with Gasteiger partial charge in [-0.3, -0.25) is 4.79 Å². The zero-order valence-corrected chi connectivity index (χ0v) is 15.4. The predicted octanol–water partition coefficient (Wildman–Crippen LogP) is 4.58. The number of rotatable bonds is 5. The van der Waals surface area contributed by atoms with Crippen molar-refractivity contribution in [3.63, 3.8) is 0 Å². The van der Waals surface area contributed by atoms with Crippen LogP contribution in [0.25, 0.3) is 0 Å². The van der Waals surface area contributed by atoms with Crippen molar-refractivity contribution in [2.45, 2.75) is 38.6 Å². The summed E-state index contributed by atoms with van der Waals surface area (Å²) in [5.74, 6) is 0.620. The zero-order valence-electron chi connectivity index (χ0n) is 13.8. The number of ether oxygens (including phenoxy) is 1. The molecule has 1 atom stereocenters. The normalized spacial score (nSPS) is 16.3. The summed E-state index contributed by atoms with van der Waals surface area (Å²) in [6.07, 6.45) is 4.15. The molecule has 1 N–H and O–H groups in total. The largest absolute Gasteiger partial charge is 0.483 e. The Kier molecular flexibility index (Phi) is 5.56. The molecule has 1 aliphatic rings. The molecule has 2 aromatic rings. The fraction of sp³-hybridized carbons (Fsp3) is 0.350. The third kappa shape index (κ3) is 3.99. The van der Waals surface area contributed by atoms with Crippen LogP contribution in [0, 0.1) is 0 Å². The highest BCUT2D eigenvalue weighted by atomic mass is 79.9. The number of carbonyl (C=O) groups excluding carboxylic acids is 1. The van der Waals surface area contributed by atoms with Crippen LogP contribution in [0.1, 0.15) is 42.5 Å². The molecular weight excluding hydrogens is 366 g/mol. The molecule has 24 heavy (non-hydrogen) atoms. The third-order valence-corrected chi connectivity index (χ3v) is 5.09. The van der Waals surface area contributed by atoms with E-state index in [0.717, 1.165) is 30.2 Å². The lowest BCUT2D eigenvalue weighted by Crippen LogP contribution is -2.34. The second-order valence-electron chi connectivity index (χ2n) is 6.12. The Morgan fingerprint density at radius 3 is 2.92 bits per heavy atom. The lowest BCUT2D eigenvalue weighted by molar-refractivity contribution is -0.124. The maximum absolute atomic E-state index is 12.3. The molecule has 1 aliphatic carbocycles. The van der Waals surface area contributed by atoms with E-state index in [9.17, 15) is 4.79 Å². The van der Waals surface area contributed by atoms with E-state index in [1.165, 1.54) is 16.7 Å². The molecule has 1 amide bonds. The minimum absolute atomic E-state index is 0.0305. The Morgan fingerprint density at radius 1 is 1.29 bits per heavy atom. The summed E-state index contributed by atoms with van der Waals surface area (Å²) in [6, 6.07) is 14.4. The van der Waals surface area contributed by atoms with Crippen LogP contribution >= 0.6 is 15.9 Å². The summed E-state index contributed by atoms with van der Waals surface area (Å²) in [4.78, 5) is 12.3. The van der Waals surface area contributed by atoms with Gasteiger partial charge in [0.15, 0.2) is 6.61 Å². The Bertz CT molecular complexity index is 729. The van der Waals surface area contributed by atoms with Crippen LogP contribution in [0.3, 0.4) is 0 Å². The summed E-state index contributed by atoms with van der Waals surface area (Å²) in [6.45, 7) is 2.14. The van der Waals surface area contributed by atoms with Gasteiger partial charge in [-0.25, -0.2) is 0 Å². The number of benzene rings is 2. The topological polar surface area (TPSA) is 38.3 Å². The number of carbonyl (C=O) groups is 1.